The van der Waals surface area contributed by atoms with Crippen LogP contribution >= 0.6 is 0 Å². The van der Waals surface area contributed by atoms with E-state index in [0.29, 0.717) is 36.9 Å². The van der Waals surface area contributed by atoms with Crippen LogP contribution < -0.4 is 0 Å². The van der Waals surface area contributed by atoms with Crippen molar-refractivity contribution in [2.24, 2.45) is 5.92 Å². The number of halogens is 1. The molecule has 20 heavy (non-hydrogen) atoms. The van der Waals surface area contributed by atoms with Gasteiger partial charge in [-0.05, 0) is 6.42 Å². The van der Waals surface area contributed by atoms with Crippen molar-refractivity contribution in [3.05, 3.63) is 23.5 Å². The van der Waals surface area contributed by atoms with Gasteiger partial charge in [0, 0.05) is 18.5 Å². The van der Waals surface area contributed by atoms with Crippen LogP contribution in [0.15, 0.2) is 6.20 Å². The van der Waals surface area contributed by atoms with Crippen molar-refractivity contribution in [2.75, 3.05) is 13.2 Å². The number of aryl methyl sites for hydroxylation is 1. The Morgan fingerprint density at radius 2 is 2.00 bits per heavy atom. The van der Waals surface area contributed by atoms with Crippen LogP contribution in [-0.2, 0) is 15.9 Å². The number of hydrogen-bond donors (Lipinski definition) is 0. The topological polar surface area (TPSA) is 44.2 Å². The normalized spacial score (nSPS) is 22.9. The van der Waals surface area contributed by atoms with E-state index in [2.05, 4.69) is 16.9 Å². The van der Waals surface area contributed by atoms with Crippen LogP contribution in [0, 0.1) is 11.9 Å². The van der Waals surface area contributed by atoms with E-state index in [1.165, 1.54) is 25.5 Å². The number of unbranched alkanes of at least 4 members (excludes halogenated alkanes) is 2. The number of aromatic nitrogens is 2. The highest BCUT2D eigenvalue weighted by atomic mass is 19.1. The van der Waals surface area contributed by atoms with Crippen molar-refractivity contribution in [3.63, 3.8) is 0 Å². The van der Waals surface area contributed by atoms with Crippen molar-refractivity contribution in [1.82, 2.24) is 9.97 Å². The van der Waals surface area contributed by atoms with Gasteiger partial charge >= 0.3 is 0 Å². The van der Waals surface area contributed by atoms with E-state index in [4.69, 9.17) is 9.47 Å². The predicted octanol–water partition coefficient (Wildman–Crippen LogP) is 3.42. The minimum Gasteiger partial charge on any atom is -0.348 e. The molecule has 0 radical (unpaired) electrons. The Hall–Kier alpha value is -1.07. The van der Waals surface area contributed by atoms with E-state index >= 15 is 0 Å². The van der Waals surface area contributed by atoms with Crippen molar-refractivity contribution in [2.45, 2.75) is 52.2 Å². The molecular weight excluding hydrogens is 259 g/mol. The van der Waals surface area contributed by atoms with Crippen LogP contribution in [0.5, 0.6) is 0 Å². The maximum atomic E-state index is 13.9. The van der Waals surface area contributed by atoms with Crippen LogP contribution in [0.2, 0.25) is 0 Å². The van der Waals surface area contributed by atoms with E-state index in [0.717, 1.165) is 6.42 Å². The second kappa shape index (κ2) is 7.64. The van der Waals surface area contributed by atoms with E-state index in [1.807, 2.05) is 6.92 Å². The molecule has 2 heterocycles. The first-order valence-corrected chi connectivity index (χ1v) is 7.49. The lowest BCUT2D eigenvalue weighted by Gasteiger charge is -2.29. The monoisotopic (exact) mass is 282 g/mol. The molecule has 0 aliphatic carbocycles. The zero-order valence-electron chi connectivity index (χ0n) is 12.3. The Morgan fingerprint density at radius 3 is 2.60 bits per heavy atom. The summed E-state index contributed by atoms with van der Waals surface area (Å²) in [7, 11) is 0. The van der Waals surface area contributed by atoms with Crippen LogP contribution in [0.25, 0.3) is 0 Å². The first kappa shape index (κ1) is 15.3. The van der Waals surface area contributed by atoms with Crippen LogP contribution in [0.4, 0.5) is 4.39 Å². The SMILES string of the molecule is CCCCCC1COC(c2cnc(CC)nc2F)OC1. The molecule has 5 heteroatoms. The fraction of sp³-hybridized carbons (Fsp3) is 0.733. The summed E-state index contributed by atoms with van der Waals surface area (Å²) in [6.07, 6.45) is 6.18. The molecule has 1 saturated heterocycles. The van der Waals surface area contributed by atoms with Gasteiger partial charge in [-0.25, -0.2) is 9.97 Å². The molecule has 2 rings (SSSR count). The maximum Gasteiger partial charge on any atom is 0.224 e. The van der Waals surface area contributed by atoms with Gasteiger partial charge in [-0.3, -0.25) is 0 Å². The Labute approximate surface area is 119 Å². The Kier molecular flexibility index (Phi) is 5.86. The number of ether oxygens (including phenoxy) is 2. The average molecular weight is 282 g/mol. The van der Waals surface area contributed by atoms with Crippen molar-refractivity contribution >= 4 is 0 Å². The van der Waals surface area contributed by atoms with Crippen molar-refractivity contribution in [1.29, 1.82) is 0 Å². The molecule has 112 valence electrons. The third-order valence-corrected chi connectivity index (χ3v) is 3.57. The molecule has 4 nitrogen and oxygen atoms in total. The Balaban J connectivity index is 1.87. The minimum absolute atomic E-state index is 0.300. The van der Waals surface area contributed by atoms with Crippen LogP contribution in [0.1, 0.15) is 57.2 Å². The van der Waals surface area contributed by atoms with Gasteiger partial charge in [-0.2, -0.15) is 4.39 Å². The second-order valence-electron chi connectivity index (χ2n) is 5.25. The molecule has 0 bridgehead atoms. The van der Waals surface area contributed by atoms with E-state index in [-0.39, 0.29) is 0 Å². The summed E-state index contributed by atoms with van der Waals surface area (Å²) < 4.78 is 25.1. The van der Waals surface area contributed by atoms with Gasteiger partial charge in [-0.15, -0.1) is 0 Å². The fourth-order valence-corrected chi connectivity index (χ4v) is 2.30. The lowest BCUT2D eigenvalue weighted by molar-refractivity contribution is -0.207. The van der Waals surface area contributed by atoms with Gasteiger partial charge < -0.3 is 9.47 Å². The molecule has 1 fully saturated rings. The first-order chi connectivity index (χ1) is 9.74. The third-order valence-electron chi connectivity index (χ3n) is 3.57. The standard InChI is InChI=1S/C15H23FN2O2/c1-3-5-6-7-11-9-19-15(20-10-11)12-8-17-13(4-2)18-14(12)16/h8,11,15H,3-7,9-10H2,1-2H3. The fourth-order valence-electron chi connectivity index (χ4n) is 2.30. The lowest BCUT2D eigenvalue weighted by Crippen LogP contribution is -2.28. The molecule has 0 N–H and O–H groups in total. The maximum absolute atomic E-state index is 13.9. The summed E-state index contributed by atoms with van der Waals surface area (Å²) in [5, 5.41) is 0. The highest BCUT2D eigenvalue weighted by molar-refractivity contribution is 5.10. The van der Waals surface area contributed by atoms with Gasteiger partial charge in [0.25, 0.3) is 0 Å². The van der Waals surface area contributed by atoms with E-state index in [9.17, 15) is 4.39 Å². The zero-order valence-corrected chi connectivity index (χ0v) is 12.3. The number of hydrogen-bond acceptors (Lipinski definition) is 4. The molecule has 0 spiro atoms. The predicted molar refractivity (Wildman–Crippen MR) is 73.6 cm³/mol. The molecule has 1 aromatic heterocycles. The first-order valence-electron chi connectivity index (χ1n) is 7.49. The molecule has 0 aromatic carbocycles. The summed E-state index contributed by atoms with van der Waals surface area (Å²) in [6, 6.07) is 0. The van der Waals surface area contributed by atoms with Gasteiger partial charge in [-0.1, -0.05) is 33.1 Å². The molecule has 0 atom stereocenters. The van der Waals surface area contributed by atoms with Gasteiger partial charge in [0.2, 0.25) is 5.95 Å². The number of nitrogens with zero attached hydrogens (tertiary/aromatic N) is 2. The van der Waals surface area contributed by atoms with Crippen molar-refractivity contribution < 1.29 is 13.9 Å². The Bertz CT molecular complexity index is 420. The average Bonchev–Trinajstić information content (AvgIpc) is 2.48. The highest BCUT2D eigenvalue weighted by Gasteiger charge is 2.26. The number of rotatable bonds is 6. The summed E-state index contributed by atoms with van der Waals surface area (Å²) in [5.74, 6) is 0.377. The quantitative estimate of drug-likeness (QED) is 0.592. The zero-order chi connectivity index (χ0) is 14.4. The van der Waals surface area contributed by atoms with Crippen molar-refractivity contribution in [3.8, 4) is 0 Å². The molecule has 0 unspecified atom stereocenters. The third kappa shape index (κ3) is 3.96. The lowest BCUT2D eigenvalue weighted by atomic mass is 10.0. The molecule has 0 saturated carbocycles. The molecule has 1 aliphatic rings. The van der Waals surface area contributed by atoms with Gasteiger partial charge in [0.1, 0.15) is 5.82 Å². The minimum atomic E-state index is -0.664. The van der Waals surface area contributed by atoms with Gasteiger partial charge in [0.15, 0.2) is 6.29 Å². The summed E-state index contributed by atoms with van der Waals surface area (Å²) in [4.78, 5) is 7.91. The second-order valence-corrected chi connectivity index (χ2v) is 5.25. The molecule has 0 amide bonds. The summed E-state index contributed by atoms with van der Waals surface area (Å²) in [6.45, 7) is 5.31. The molecule has 1 aromatic rings. The van der Waals surface area contributed by atoms with E-state index in [1.54, 1.807) is 0 Å². The highest BCUT2D eigenvalue weighted by Crippen LogP contribution is 2.27. The smallest absolute Gasteiger partial charge is 0.224 e. The molecule has 1 aliphatic heterocycles. The summed E-state index contributed by atoms with van der Waals surface area (Å²) in [5.41, 5.74) is 0.300. The van der Waals surface area contributed by atoms with Gasteiger partial charge in [0.05, 0.1) is 18.8 Å². The van der Waals surface area contributed by atoms with Crippen LogP contribution in [0.3, 0.4) is 0 Å². The Morgan fingerprint density at radius 1 is 1.25 bits per heavy atom. The van der Waals surface area contributed by atoms with Crippen LogP contribution in [-0.4, -0.2) is 23.2 Å². The molecular formula is C15H23FN2O2. The van der Waals surface area contributed by atoms with E-state index < -0.39 is 12.2 Å². The largest absolute Gasteiger partial charge is 0.348 e. The summed E-state index contributed by atoms with van der Waals surface area (Å²) >= 11 is 0.